The Bertz CT molecular complexity index is 328. The van der Waals surface area contributed by atoms with Crippen molar-refractivity contribution >= 4 is 0 Å². The Labute approximate surface area is 92.2 Å². The zero-order valence-electron chi connectivity index (χ0n) is 9.70. The standard InChI is InChI=1S/C14H20O/c1-10-7-14(2)8-11(10)12(9-14)13-5-3-4-6-15-13/h3-4,7,11-13H,5-6,8-9H2,1-2H3. The molecule has 2 bridgehead atoms. The summed E-state index contributed by atoms with van der Waals surface area (Å²) in [4.78, 5) is 0. The van der Waals surface area contributed by atoms with Gasteiger partial charge in [0.2, 0.25) is 0 Å². The average Bonchev–Trinajstić information content (AvgIpc) is 2.71. The Hall–Kier alpha value is -0.560. The lowest BCUT2D eigenvalue weighted by atomic mass is 9.79. The summed E-state index contributed by atoms with van der Waals surface area (Å²) in [5.41, 5.74) is 2.11. The highest BCUT2D eigenvalue weighted by Crippen LogP contribution is 2.57. The van der Waals surface area contributed by atoms with Crippen molar-refractivity contribution in [2.75, 3.05) is 6.61 Å². The van der Waals surface area contributed by atoms with Crippen LogP contribution in [0, 0.1) is 17.3 Å². The van der Waals surface area contributed by atoms with Gasteiger partial charge in [-0.05, 0) is 43.4 Å². The normalized spacial score (nSPS) is 48.4. The fraction of sp³-hybridized carbons (Fsp3) is 0.714. The predicted octanol–water partition coefficient (Wildman–Crippen LogP) is 3.32. The van der Waals surface area contributed by atoms with Gasteiger partial charge >= 0.3 is 0 Å². The Morgan fingerprint density at radius 1 is 1.33 bits per heavy atom. The third kappa shape index (κ3) is 1.48. The van der Waals surface area contributed by atoms with Gasteiger partial charge in [0, 0.05) is 0 Å². The van der Waals surface area contributed by atoms with E-state index in [0.717, 1.165) is 24.9 Å². The molecule has 3 rings (SSSR count). The van der Waals surface area contributed by atoms with Crippen molar-refractivity contribution in [3.8, 4) is 0 Å². The van der Waals surface area contributed by atoms with Gasteiger partial charge in [0.25, 0.3) is 0 Å². The summed E-state index contributed by atoms with van der Waals surface area (Å²) >= 11 is 0. The van der Waals surface area contributed by atoms with Crippen molar-refractivity contribution in [1.29, 1.82) is 0 Å². The summed E-state index contributed by atoms with van der Waals surface area (Å²) < 4.78 is 5.89. The molecule has 3 aliphatic rings. The molecule has 0 aromatic carbocycles. The molecule has 82 valence electrons. The predicted molar refractivity (Wildman–Crippen MR) is 61.6 cm³/mol. The lowest BCUT2D eigenvalue weighted by Gasteiger charge is -2.32. The van der Waals surface area contributed by atoms with Gasteiger partial charge in [0.05, 0.1) is 12.7 Å². The molecule has 1 fully saturated rings. The first kappa shape index (κ1) is 9.65. The van der Waals surface area contributed by atoms with Crippen LogP contribution < -0.4 is 0 Å². The Morgan fingerprint density at radius 3 is 2.80 bits per heavy atom. The molecule has 1 nitrogen and oxygen atoms in total. The fourth-order valence-electron chi connectivity index (χ4n) is 3.93. The highest BCUT2D eigenvalue weighted by molar-refractivity contribution is 5.25. The van der Waals surface area contributed by atoms with Gasteiger partial charge in [-0.1, -0.05) is 30.7 Å². The number of hydrogen-bond donors (Lipinski definition) is 0. The first-order valence-corrected chi connectivity index (χ1v) is 6.14. The molecule has 0 N–H and O–H groups in total. The zero-order chi connectivity index (χ0) is 10.5. The second kappa shape index (κ2) is 3.21. The van der Waals surface area contributed by atoms with E-state index in [-0.39, 0.29) is 0 Å². The van der Waals surface area contributed by atoms with Crippen LogP contribution in [-0.4, -0.2) is 12.7 Å². The van der Waals surface area contributed by atoms with Crippen molar-refractivity contribution in [3.63, 3.8) is 0 Å². The van der Waals surface area contributed by atoms with E-state index in [1.165, 1.54) is 12.8 Å². The minimum atomic E-state index is 0.490. The van der Waals surface area contributed by atoms with Crippen LogP contribution in [0.15, 0.2) is 23.8 Å². The highest BCUT2D eigenvalue weighted by atomic mass is 16.5. The number of allylic oxidation sites excluding steroid dienone is 2. The lowest BCUT2D eigenvalue weighted by Crippen LogP contribution is -2.30. The molecule has 1 saturated carbocycles. The van der Waals surface area contributed by atoms with Crippen LogP contribution in [0.5, 0.6) is 0 Å². The molecule has 4 atom stereocenters. The van der Waals surface area contributed by atoms with Gasteiger partial charge in [-0.25, -0.2) is 0 Å². The van der Waals surface area contributed by atoms with Crippen molar-refractivity contribution in [3.05, 3.63) is 23.8 Å². The van der Waals surface area contributed by atoms with Gasteiger partial charge in [-0.2, -0.15) is 0 Å². The number of rotatable bonds is 1. The van der Waals surface area contributed by atoms with Gasteiger partial charge < -0.3 is 4.74 Å². The SMILES string of the molecule is CC1=CC2(C)CC1C(C1CC=CCO1)C2. The second-order valence-corrected chi connectivity index (χ2v) is 5.80. The topological polar surface area (TPSA) is 9.23 Å². The van der Waals surface area contributed by atoms with Crippen molar-refractivity contribution < 1.29 is 4.74 Å². The summed E-state index contributed by atoms with van der Waals surface area (Å²) in [6.07, 6.45) is 11.3. The maximum absolute atomic E-state index is 5.89. The molecule has 0 aromatic rings. The molecule has 15 heavy (non-hydrogen) atoms. The quantitative estimate of drug-likeness (QED) is 0.595. The van der Waals surface area contributed by atoms with E-state index in [9.17, 15) is 0 Å². The lowest BCUT2D eigenvalue weighted by molar-refractivity contribution is 0.0119. The molecule has 2 aliphatic carbocycles. The molecule has 1 heterocycles. The Morgan fingerprint density at radius 2 is 2.20 bits per heavy atom. The van der Waals surface area contributed by atoms with E-state index in [1.54, 1.807) is 5.57 Å². The van der Waals surface area contributed by atoms with Crippen molar-refractivity contribution in [1.82, 2.24) is 0 Å². The van der Waals surface area contributed by atoms with Gasteiger partial charge in [-0.3, -0.25) is 0 Å². The van der Waals surface area contributed by atoms with E-state index in [0.29, 0.717) is 11.5 Å². The fourth-order valence-corrected chi connectivity index (χ4v) is 3.93. The largest absolute Gasteiger partial charge is 0.374 e. The summed E-state index contributed by atoms with van der Waals surface area (Å²) in [5, 5.41) is 0. The monoisotopic (exact) mass is 204 g/mol. The Balaban J connectivity index is 1.80. The molecule has 1 aliphatic heterocycles. The number of hydrogen-bond acceptors (Lipinski definition) is 1. The van der Waals surface area contributed by atoms with Crippen LogP contribution in [-0.2, 0) is 4.74 Å². The van der Waals surface area contributed by atoms with Crippen LogP contribution in [0.4, 0.5) is 0 Å². The van der Waals surface area contributed by atoms with E-state index < -0.39 is 0 Å². The molecule has 0 aromatic heterocycles. The first-order chi connectivity index (χ1) is 7.18. The molecule has 4 unspecified atom stereocenters. The molecular weight excluding hydrogens is 184 g/mol. The summed E-state index contributed by atoms with van der Waals surface area (Å²) in [6, 6.07) is 0. The van der Waals surface area contributed by atoms with Crippen LogP contribution in [0.2, 0.25) is 0 Å². The molecular formula is C14H20O. The van der Waals surface area contributed by atoms with Gasteiger partial charge in [0.15, 0.2) is 0 Å². The van der Waals surface area contributed by atoms with Crippen LogP contribution >= 0.6 is 0 Å². The summed E-state index contributed by atoms with van der Waals surface area (Å²) in [7, 11) is 0. The second-order valence-electron chi connectivity index (χ2n) is 5.80. The van der Waals surface area contributed by atoms with Crippen LogP contribution in [0.3, 0.4) is 0 Å². The molecule has 0 amide bonds. The third-order valence-electron chi connectivity index (χ3n) is 4.49. The third-order valence-corrected chi connectivity index (χ3v) is 4.49. The molecule has 0 saturated heterocycles. The van der Waals surface area contributed by atoms with Gasteiger partial charge in [0.1, 0.15) is 0 Å². The smallest absolute Gasteiger partial charge is 0.0651 e. The summed E-state index contributed by atoms with van der Waals surface area (Å²) in [6.45, 7) is 5.54. The Kier molecular flexibility index (Phi) is 2.07. The average molecular weight is 204 g/mol. The molecule has 1 heteroatoms. The van der Waals surface area contributed by atoms with E-state index in [2.05, 4.69) is 32.1 Å². The number of fused-ring (bicyclic) bond motifs is 2. The molecule has 0 radical (unpaired) electrons. The van der Waals surface area contributed by atoms with Crippen molar-refractivity contribution in [2.45, 2.75) is 39.2 Å². The van der Waals surface area contributed by atoms with Crippen molar-refractivity contribution in [2.24, 2.45) is 17.3 Å². The maximum Gasteiger partial charge on any atom is 0.0651 e. The summed E-state index contributed by atoms with van der Waals surface area (Å²) in [5.74, 6) is 1.59. The first-order valence-electron chi connectivity index (χ1n) is 6.14. The van der Waals surface area contributed by atoms with E-state index in [1.807, 2.05) is 0 Å². The molecule has 0 spiro atoms. The van der Waals surface area contributed by atoms with E-state index >= 15 is 0 Å². The van der Waals surface area contributed by atoms with E-state index in [4.69, 9.17) is 4.74 Å². The van der Waals surface area contributed by atoms with Crippen LogP contribution in [0.1, 0.15) is 33.1 Å². The maximum atomic E-state index is 5.89. The minimum Gasteiger partial charge on any atom is -0.374 e. The zero-order valence-corrected chi connectivity index (χ0v) is 9.70. The minimum absolute atomic E-state index is 0.490. The highest BCUT2D eigenvalue weighted by Gasteiger charge is 2.49. The van der Waals surface area contributed by atoms with Gasteiger partial charge in [-0.15, -0.1) is 0 Å². The number of ether oxygens (including phenoxy) is 1. The van der Waals surface area contributed by atoms with Crippen LogP contribution in [0.25, 0.3) is 0 Å².